The van der Waals surface area contributed by atoms with Gasteiger partial charge in [0.05, 0.1) is 0 Å². The highest BCUT2D eigenvalue weighted by atomic mass is 16.4. The Bertz CT molecular complexity index is 336. The van der Waals surface area contributed by atoms with Crippen LogP contribution in [0.15, 0.2) is 17.0 Å². The number of carbonyl (C=O) groups is 1. The van der Waals surface area contributed by atoms with Gasteiger partial charge >= 0.3 is 5.97 Å². The van der Waals surface area contributed by atoms with Crippen LogP contribution in [0.4, 0.5) is 0 Å². The first kappa shape index (κ1) is 12.1. The number of hydrogen-bond donors (Lipinski definition) is 4. The fraction of sp³-hybridized carbons (Fsp3) is 0.571. The molecule has 0 spiro atoms. The molecule has 0 aromatic heterocycles. The Morgan fingerprint density at radius 1 is 1.81 bits per heavy atom. The minimum Gasteiger partial charge on any atom is -0.480 e. The molecule has 1 heterocycles. The molecule has 88 valence electrons. The fourth-order valence-corrected chi connectivity index (χ4v) is 1.14. The minimum atomic E-state index is -1.05. The Kier molecular flexibility index (Phi) is 4.40. The van der Waals surface area contributed by atoms with Crippen LogP contribution in [0.3, 0.4) is 0 Å². The largest absolute Gasteiger partial charge is 0.480 e. The summed E-state index contributed by atoms with van der Waals surface area (Å²) in [4.78, 5) is 13.1. The smallest absolute Gasteiger partial charge is 0.320 e. The predicted molar refractivity (Wildman–Crippen MR) is 55.3 cm³/mol. The maximum atomic E-state index is 10.5. The van der Waals surface area contributed by atoms with E-state index in [2.05, 4.69) is 21.0 Å². The molecule has 5 N–H and O–H groups in total. The van der Waals surface area contributed by atoms with Gasteiger partial charge in [0, 0.05) is 36.3 Å². The van der Waals surface area contributed by atoms with Crippen LogP contribution in [-0.4, -0.2) is 35.2 Å². The van der Waals surface area contributed by atoms with Crippen molar-refractivity contribution in [2.75, 3.05) is 13.1 Å². The lowest BCUT2D eigenvalue weighted by Gasteiger charge is -2.12. The SMILES string of the molecule is [N-]=[N+]=NCCN1C=C(C[C@H](N)C(=O)O)NN1. The summed E-state index contributed by atoms with van der Waals surface area (Å²) in [7, 11) is 0. The van der Waals surface area contributed by atoms with Gasteiger partial charge in [-0.2, -0.15) is 0 Å². The van der Waals surface area contributed by atoms with E-state index in [-0.39, 0.29) is 6.42 Å². The van der Waals surface area contributed by atoms with Gasteiger partial charge < -0.3 is 16.3 Å². The molecule has 1 aliphatic heterocycles. The van der Waals surface area contributed by atoms with Crippen LogP contribution < -0.4 is 16.7 Å². The van der Waals surface area contributed by atoms with Gasteiger partial charge in [0.1, 0.15) is 6.04 Å². The third-order valence-corrected chi connectivity index (χ3v) is 1.93. The van der Waals surface area contributed by atoms with Crippen molar-refractivity contribution in [2.24, 2.45) is 10.8 Å². The van der Waals surface area contributed by atoms with Gasteiger partial charge in [0.25, 0.3) is 0 Å². The Labute approximate surface area is 91.5 Å². The standard InChI is InChI=1S/C7H13N7O2/c8-6(7(15)16)3-5-4-14(13-11-5)2-1-10-12-9/h4,6,11,13H,1-3,8H2,(H,15,16)/t6-/m0/s1. The number of nitrogens with one attached hydrogen (secondary N) is 2. The molecule has 1 atom stereocenters. The van der Waals surface area contributed by atoms with Gasteiger partial charge in [-0.1, -0.05) is 5.11 Å². The van der Waals surface area contributed by atoms with Crippen molar-refractivity contribution in [1.29, 1.82) is 0 Å². The van der Waals surface area contributed by atoms with Crippen LogP contribution in [0, 0.1) is 0 Å². The lowest BCUT2D eigenvalue weighted by Crippen LogP contribution is -2.39. The second-order valence-electron chi connectivity index (χ2n) is 3.19. The molecule has 0 aliphatic carbocycles. The first-order valence-corrected chi connectivity index (χ1v) is 4.61. The topological polar surface area (TPSA) is 139 Å². The van der Waals surface area contributed by atoms with Crippen LogP contribution in [0.2, 0.25) is 0 Å². The molecule has 0 saturated carbocycles. The molecule has 1 aliphatic rings. The van der Waals surface area contributed by atoms with E-state index >= 15 is 0 Å². The Morgan fingerprint density at radius 3 is 3.19 bits per heavy atom. The predicted octanol–water partition coefficient (Wildman–Crippen LogP) is -0.735. The monoisotopic (exact) mass is 227 g/mol. The molecule has 9 nitrogen and oxygen atoms in total. The van der Waals surface area contributed by atoms with E-state index in [9.17, 15) is 4.79 Å². The van der Waals surface area contributed by atoms with Crippen LogP contribution in [0.25, 0.3) is 10.4 Å². The number of rotatable bonds is 6. The highest BCUT2D eigenvalue weighted by Gasteiger charge is 2.17. The van der Waals surface area contributed by atoms with E-state index in [1.807, 2.05) is 0 Å². The van der Waals surface area contributed by atoms with Crippen molar-refractivity contribution >= 4 is 5.97 Å². The molecule has 0 aromatic carbocycles. The van der Waals surface area contributed by atoms with Gasteiger partial charge in [-0.3, -0.25) is 9.80 Å². The van der Waals surface area contributed by atoms with Gasteiger partial charge in [-0.25, -0.2) is 0 Å². The van der Waals surface area contributed by atoms with Crippen molar-refractivity contribution in [1.82, 2.24) is 16.0 Å². The molecule has 0 fully saturated rings. The van der Waals surface area contributed by atoms with E-state index in [0.29, 0.717) is 18.8 Å². The summed E-state index contributed by atoms with van der Waals surface area (Å²) in [5.74, 6) is -1.05. The molecule has 0 radical (unpaired) electrons. The Morgan fingerprint density at radius 2 is 2.56 bits per heavy atom. The van der Waals surface area contributed by atoms with Crippen LogP contribution in [-0.2, 0) is 4.79 Å². The number of nitrogens with two attached hydrogens (primary N) is 1. The number of carboxylic acids is 1. The number of azide groups is 1. The second-order valence-corrected chi connectivity index (χ2v) is 3.19. The van der Waals surface area contributed by atoms with Crippen molar-refractivity contribution < 1.29 is 9.90 Å². The van der Waals surface area contributed by atoms with Crippen molar-refractivity contribution in [2.45, 2.75) is 12.5 Å². The zero-order valence-corrected chi connectivity index (χ0v) is 8.50. The van der Waals surface area contributed by atoms with Gasteiger partial charge in [-0.15, -0.1) is 5.53 Å². The van der Waals surface area contributed by atoms with E-state index in [4.69, 9.17) is 16.4 Å². The molecule has 1 rings (SSSR count). The normalized spacial score (nSPS) is 16.1. The second kappa shape index (κ2) is 5.81. The van der Waals surface area contributed by atoms with Gasteiger partial charge in [0.15, 0.2) is 0 Å². The number of nitrogens with zero attached hydrogens (tertiary/aromatic N) is 4. The average molecular weight is 227 g/mol. The number of aliphatic carboxylic acids is 1. The van der Waals surface area contributed by atoms with Crippen LogP contribution in [0.5, 0.6) is 0 Å². The number of hydrazine groups is 2. The van der Waals surface area contributed by atoms with E-state index < -0.39 is 12.0 Å². The summed E-state index contributed by atoms with van der Waals surface area (Å²) in [5.41, 5.74) is 19.7. The van der Waals surface area contributed by atoms with Gasteiger partial charge in [-0.05, 0) is 5.53 Å². The maximum absolute atomic E-state index is 10.5. The summed E-state index contributed by atoms with van der Waals surface area (Å²) in [6.45, 7) is 0.808. The number of carboxylic acid groups (broad SMARTS) is 1. The molecule has 9 heteroatoms. The first-order valence-electron chi connectivity index (χ1n) is 4.61. The van der Waals surface area contributed by atoms with E-state index in [1.54, 1.807) is 11.2 Å². The van der Waals surface area contributed by atoms with Crippen molar-refractivity contribution in [3.05, 3.63) is 22.3 Å². The molecule has 0 amide bonds. The summed E-state index contributed by atoms with van der Waals surface area (Å²) >= 11 is 0. The Hall–Kier alpha value is -1.96. The lowest BCUT2D eigenvalue weighted by molar-refractivity contribution is -0.138. The molecule has 0 saturated heterocycles. The Balaban J connectivity index is 2.37. The zero-order chi connectivity index (χ0) is 12.0. The third kappa shape index (κ3) is 3.65. The summed E-state index contributed by atoms with van der Waals surface area (Å²) in [6.07, 6.45) is 1.90. The molecule has 0 aromatic rings. The lowest BCUT2D eigenvalue weighted by atomic mass is 10.2. The summed E-state index contributed by atoms with van der Waals surface area (Å²) in [6, 6.07) is -0.933. The van der Waals surface area contributed by atoms with Crippen molar-refractivity contribution in [3.63, 3.8) is 0 Å². The summed E-state index contributed by atoms with van der Waals surface area (Å²) in [5, 5.41) is 13.6. The van der Waals surface area contributed by atoms with E-state index in [0.717, 1.165) is 0 Å². The summed E-state index contributed by atoms with van der Waals surface area (Å²) < 4.78 is 0. The van der Waals surface area contributed by atoms with Crippen molar-refractivity contribution in [3.8, 4) is 0 Å². The molecule has 0 unspecified atom stereocenters. The molecular weight excluding hydrogens is 214 g/mol. The van der Waals surface area contributed by atoms with Crippen LogP contribution >= 0.6 is 0 Å². The van der Waals surface area contributed by atoms with Gasteiger partial charge in [0.2, 0.25) is 0 Å². The molecule has 0 bridgehead atoms. The first-order chi connectivity index (χ1) is 7.63. The zero-order valence-electron chi connectivity index (χ0n) is 8.50. The highest BCUT2D eigenvalue weighted by molar-refractivity contribution is 5.73. The fourth-order valence-electron chi connectivity index (χ4n) is 1.14. The minimum absolute atomic E-state index is 0.209. The quantitative estimate of drug-likeness (QED) is 0.268. The third-order valence-electron chi connectivity index (χ3n) is 1.93. The van der Waals surface area contributed by atoms with E-state index in [1.165, 1.54) is 0 Å². The number of hydrogen-bond acceptors (Lipinski definition) is 6. The highest BCUT2D eigenvalue weighted by Crippen LogP contribution is 2.06. The molecular formula is C7H13N7O2. The average Bonchev–Trinajstić information content (AvgIpc) is 2.66. The maximum Gasteiger partial charge on any atom is 0.320 e. The van der Waals surface area contributed by atoms with Crippen LogP contribution in [0.1, 0.15) is 6.42 Å². The molecule has 16 heavy (non-hydrogen) atoms.